The number of nitrogens with one attached hydrogen (secondary N) is 1. The minimum atomic E-state index is -0.114. The second kappa shape index (κ2) is 10.5. The molecule has 1 aliphatic carbocycles. The summed E-state index contributed by atoms with van der Waals surface area (Å²) < 4.78 is 10.2. The third kappa shape index (κ3) is 5.70. The van der Waals surface area contributed by atoms with Crippen molar-refractivity contribution in [3.63, 3.8) is 0 Å². The Balaban J connectivity index is 0.00000312. The molecular weight excluding hydrogens is 433 g/mol. The summed E-state index contributed by atoms with van der Waals surface area (Å²) in [5.74, 6) is 1.04. The molecule has 0 bridgehead atoms. The van der Waals surface area contributed by atoms with Crippen LogP contribution in [0, 0.1) is 17.3 Å². The molecule has 0 radical (unpaired) electrons. The molecular formula is C18H34IN3O3. The quantitative estimate of drug-likeness (QED) is 0.270. The number of esters is 1. The van der Waals surface area contributed by atoms with Crippen molar-refractivity contribution in [2.24, 2.45) is 22.2 Å². The van der Waals surface area contributed by atoms with Crippen molar-refractivity contribution < 1.29 is 14.3 Å². The number of methoxy groups -OCH3 is 2. The van der Waals surface area contributed by atoms with Crippen molar-refractivity contribution in [3.05, 3.63) is 0 Å². The van der Waals surface area contributed by atoms with E-state index in [-0.39, 0.29) is 41.8 Å². The lowest BCUT2D eigenvalue weighted by Crippen LogP contribution is -2.42. The molecule has 0 spiro atoms. The molecule has 0 aromatic heterocycles. The maximum absolute atomic E-state index is 11.9. The third-order valence-corrected chi connectivity index (χ3v) is 5.57. The molecule has 25 heavy (non-hydrogen) atoms. The molecule has 6 nitrogen and oxygen atoms in total. The van der Waals surface area contributed by atoms with E-state index in [0.717, 1.165) is 38.6 Å². The number of nitrogens with zero attached hydrogens (tertiary/aromatic N) is 2. The van der Waals surface area contributed by atoms with E-state index in [2.05, 4.69) is 24.1 Å². The van der Waals surface area contributed by atoms with Crippen LogP contribution < -0.4 is 5.32 Å². The fourth-order valence-electron chi connectivity index (χ4n) is 3.75. The molecule has 0 aromatic rings. The van der Waals surface area contributed by atoms with Crippen LogP contribution in [-0.4, -0.2) is 63.8 Å². The molecule has 2 unspecified atom stereocenters. The number of hydrogen-bond acceptors (Lipinski definition) is 4. The second-order valence-electron chi connectivity index (χ2n) is 7.28. The van der Waals surface area contributed by atoms with Gasteiger partial charge < -0.3 is 19.7 Å². The molecule has 1 heterocycles. The zero-order chi connectivity index (χ0) is 17.6. The van der Waals surface area contributed by atoms with Gasteiger partial charge in [-0.2, -0.15) is 0 Å². The molecule has 1 N–H and O–H groups in total. The van der Waals surface area contributed by atoms with Crippen molar-refractivity contribution in [1.82, 2.24) is 10.2 Å². The molecule has 2 rings (SSSR count). The Hall–Kier alpha value is -0.570. The standard InChI is InChI=1S/C18H33N3O3.HI/c1-5-19-17(20-13-18(7-6-8-18)9-10-23-3)21-11-14(2)15(12-21)16(22)24-4;/h14-15H,5-13H2,1-4H3,(H,19,20);1H. The van der Waals surface area contributed by atoms with Gasteiger partial charge in [-0.25, -0.2) is 0 Å². The number of carbonyl (C=O) groups is 1. The number of guanidine groups is 1. The number of likely N-dealkylation sites (tertiary alicyclic amines) is 1. The van der Waals surface area contributed by atoms with Gasteiger partial charge in [0.2, 0.25) is 0 Å². The predicted molar refractivity (Wildman–Crippen MR) is 110 cm³/mol. The Kier molecular flexibility index (Phi) is 9.48. The highest BCUT2D eigenvalue weighted by atomic mass is 127. The molecule has 2 aliphatic rings. The van der Waals surface area contributed by atoms with Crippen LogP contribution in [0.3, 0.4) is 0 Å². The molecule has 2 fully saturated rings. The SMILES string of the molecule is CCNC(=NCC1(CCOC)CCC1)N1CC(C)C(C(=O)OC)C1.I. The number of ether oxygens (including phenoxy) is 2. The summed E-state index contributed by atoms with van der Waals surface area (Å²) in [6, 6.07) is 0. The third-order valence-electron chi connectivity index (χ3n) is 5.57. The van der Waals surface area contributed by atoms with Gasteiger partial charge in [0.05, 0.1) is 13.0 Å². The van der Waals surface area contributed by atoms with E-state index in [0.29, 0.717) is 12.0 Å². The minimum Gasteiger partial charge on any atom is -0.469 e. The van der Waals surface area contributed by atoms with Gasteiger partial charge in [-0.3, -0.25) is 9.79 Å². The Morgan fingerprint density at radius 2 is 2.04 bits per heavy atom. The molecule has 1 saturated carbocycles. The van der Waals surface area contributed by atoms with Crippen molar-refractivity contribution >= 4 is 35.9 Å². The second-order valence-corrected chi connectivity index (χ2v) is 7.28. The maximum Gasteiger partial charge on any atom is 0.310 e. The van der Waals surface area contributed by atoms with E-state index in [1.165, 1.54) is 26.4 Å². The lowest BCUT2D eigenvalue weighted by Gasteiger charge is -2.41. The van der Waals surface area contributed by atoms with Crippen LogP contribution in [-0.2, 0) is 14.3 Å². The van der Waals surface area contributed by atoms with Crippen LogP contribution in [0.1, 0.15) is 39.5 Å². The van der Waals surface area contributed by atoms with Crippen LogP contribution >= 0.6 is 24.0 Å². The largest absolute Gasteiger partial charge is 0.469 e. The van der Waals surface area contributed by atoms with E-state index in [1.54, 1.807) is 7.11 Å². The zero-order valence-corrected chi connectivity index (χ0v) is 18.4. The predicted octanol–water partition coefficient (Wildman–Crippen LogP) is 2.52. The molecule has 0 amide bonds. The Morgan fingerprint density at radius 1 is 1.32 bits per heavy atom. The van der Waals surface area contributed by atoms with Crippen LogP contribution in [0.15, 0.2) is 4.99 Å². The van der Waals surface area contributed by atoms with Gasteiger partial charge in [-0.05, 0) is 37.5 Å². The van der Waals surface area contributed by atoms with Crippen molar-refractivity contribution in [2.75, 3.05) is 47.0 Å². The van der Waals surface area contributed by atoms with Crippen LogP contribution in [0.5, 0.6) is 0 Å². The lowest BCUT2D eigenvalue weighted by atomic mass is 9.67. The summed E-state index contributed by atoms with van der Waals surface area (Å²) in [5.41, 5.74) is 0.309. The minimum absolute atomic E-state index is 0. The molecule has 1 saturated heterocycles. The van der Waals surface area contributed by atoms with E-state index in [1.807, 2.05) is 0 Å². The van der Waals surface area contributed by atoms with Crippen LogP contribution in [0.4, 0.5) is 0 Å². The summed E-state index contributed by atoms with van der Waals surface area (Å²) in [7, 11) is 3.23. The van der Waals surface area contributed by atoms with Gasteiger partial charge >= 0.3 is 5.97 Å². The van der Waals surface area contributed by atoms with Gasteiger partial charge in [0.15, 0.2) is 5.96 Å². The Morgan fingerprint density at radius 3 is 2.56 bits per heavy atom. The summed E-state index contributed by atoms with van der Waals surface area (Å²) >= 11 is 0. The molecule has 1 aliphatic heterocycles. The fourth-order valence-corrected chi connectivity index (χ4v) is 3.75. The van der Waals surface area contributed by atoms with Crippen molar-refractivity contribution in [1.29, 1.82) is 0 Å². The Bertz CT molecular complexity index is 455. The molecule has 146 valence electrons. The molecule has 2 atom stereocenters. The highest BCUT2D eigenvalue weighted by Crippen LogP contribution is 2.44. The maximum atomic E-state index is 11.9. The Labute approximate surface area is 169 Å². The van der Waals surface area contributed by atoms with E-state index < -0.39 is 0 Å². The monoisotopic (exact) mass is 467 g/mol. The highest BCUT2D eigenvalue weighted by Gasteiger charge is 2.39. The summed E-state index contributed by atoms with van der Waals surface area (Å²) in [6.45, 7) is 8.19. The first-order chi connectivity index (χ1) is 11.5. The number of halogens is 1. The molecule has 7 heteroatoms. The van der Waals surface area contributed by atoms with Crippen molar-refractivity contribution in [2.45, 2.75) is 39.5 Å². The van der Waals surface area contributed by atoms with Gasteiger partial charge in [0.25, 0.3) is 0 Å². The van der Waals surface area contributed by atoms with Crippen LogP contribution in [0.2, 0.25) is 0 Å². The van der Waals surface area contributed by atoms with Crippen molar-refractivity contribution in [3.8, 4) is 0 Å². The first kappa shape index (κ1) is 22.5. The van der Waals surface area contributed by atoms with Gasteiger partial charge in [-0.1, -0.05) is 13.3 Å². The smallest absolute Gasteiger partial charge is 0.310 e. The van der Waals surface area contributed by atoms with E-state index in [4.69, 9.17) is 14.5 Å². The first-order valence-corrected chi connectivity index (χ1v) is 9.15. The van der Waals surface area contributed by atoms with Gasteiger partial charge in [0, 0.05) is 39.9 Å². The topological polar surface area (TPSA) is 63.2 Å². The summed E-state index contributed by atoms with van der Waals surface area (Å²) in [5, 5.41) is 3.39. The fraction of sp³-hybridized carbons (Fsp3) is 0.889. The highest BCUT2D eigenvalue weighted by molar-refractivity contribution is 14.0. The normalized spacial score (nSPS) is 25.1. The number of rotatable bonds is 7. The molecule has 0 aromatic carbocycles. The summed E-state index contributed by atoms with van der Waals surface area (Å²) in [6.07, 6.45) is 4.84. The first-order valence-electron chi connectivity index (χ1n) is 9.15. The number of hydrogen-bond donors (Lipinski definition) is 1. The van der Waals surface area contributed by atoms with E-state index in [9.17, 15) is 4.79 Å². The average Bonchev–Trinajstić information content (AvgIpc) is 2.93. The van der Waals surface area contributed by atoms with Gasteiger partial charge in [-0.15, -0.1) is 24.0 Å². The zero-order valence-electron chi connectivity index (χ0n) is 16.0. The summed E-state index contributed by atoms with van der Waals surface area (Å²) in [4.78, 5) is 19.0. The van der Waals surface area contributed by atoms with Crippen LogP contribution in [0.25, 0.3) is 0 Å². The lowest BCUT2D eigenvalue weighted by molar-refractivity contribution is -0.145. The van der Waals surface area contributed by atoms with E-state index >= 15 is 0 Å². The number of aliphatic imine (C=N–C) groups is 1. The van der Waals surface area contributed by atoms with Gasteiger partial charge in [0.1, 0.15) is 0 Å². The average molecular weight is 467 g/mol. The number of carbonyl (C=O) groups excluding carboxylic acids is 1.